The fourth-order valence-electron chi connectivity index (χ4n) is 3.97. The fourth-order valence-corrected chi connectivity index (χ4v) is 4.10. The Kier molecular flexibility index (Phi) is 4.87. The average Bonchev–Trinajstić information content (AvgIpc) is 2.97. The molecule has 29 heavy (non-hydrogen) atoms. The van der Waals surface area contributed by atoms with E-state index in [1.54, 1.807) is 6.92 Å². The van der Waals surface area contributed by atoms with Gasteiger partial charge in [-0.05, 0) is 57.2 Å². The summed E-state index contributed by atoms with van der Waals surface area (Å²) >= 11 is 6.27. The zero-order valence-electron chi connectivity index (χ0n) is 16.9. The van der Waals surface area contributed by atoms with Crippen LogP contribution in [0, 0.1) is 6.92 Å². The van der Waals surface area contributed by atoms with Crippen LogP contribution in [0.25, 0.3) is 11.2 Å². The van der Waals surface area contributed by atoms with Crippen molar-refractivity contribution < 1.29 is 9.90 Å². The summed E-state index contributed by atoms with van der Waals surface area (Å²) < 4.78 is 1.99. The molecule has 1 aliphatic carbocycles. The van der Waals surface area contributed by atoms with E-state index in [0.29, 0.717) is 27.8 Å². The number of nitrogens with zero attached hydrogens (tertiary/aromatic N) is 3. The Hall–Kier alpha value is -2.44. The van der Waals surface area contributed by atoms with Crippen LogP contribution in [0.5, 0.6) is 0 Å². The van der Waals surface area contributed by atoms with Gasteiger partial charge in [0.05, 0.1) is 12.0 Å². The summed E-state index contributed by atoms with van der Waals surface area (Å²) in [4.78, 5) is 22.0. The Morgan fingerprint density at radius 2 is 2.00 bits per heavy atom. The van der Waals surface area contributed by atoms with Crippen LogP contribution in [-0.4, -0.2) is 25.5 Å². The highest BCUT2D eigenvalue weighted by atomic mass is 35.5. The van der Waals surface area contributed by atoms with E-state index in [9.17, 15) is 9.90 Å². The Labute approximate surface area is 174 Å². The smallest absolute Gasteiger partial charge is 0.229 e. The second kappa shape index (κ2) is 7.11. The number of pyridine rings is 1. The van der Waals surface area contributed by atoms with Gasteiger partial charge in [0.2, 0.25) is 11.9 Å². The van der Waals surface area contributed by atoms with Crippen LogP contribution in [-0.2, 0) is 15.9 Å². The largest absolute Gasteiger partial charge is 0.385 e. The van der Waals surface area contributed by atoms with Crippen molar-refractivity contribution in [2.45, 2.75) is 57.6 Å². The molecule has 152 valence electrons. The third-order valence-electron chi connectivity index (χ3n) is 5.88. The van der Waals surface area contributed by atoms with E-state index >= 15 is 0 Å². The second-order valence-corrected chi connectivity index (χ2v) is 8.78. The van der Waals surface area contributed by atoms with Gasteiger partial charge in [0.15, 0.2) is 5.65 Å². The molecule has 0 aliphatic heterocycles. The lowest BCUT2D eigenvalue weighted by atomic mass is 9.78. The van der Waals surface area contributed by atoms with Gasteiger partial charge in [0.1, 0.15) is 10.7 Å². The van der Waals surface area contributed by atoms with Crippen LogP contribution in [0.4, 0.5) is 5.95 Å². The van der Waals surface area contributed by atoms with Crippen molar-refractivity contribution in [1.29, 1.82) is 0 Å². The highest BCUT2D eigenvalue weighted by molar-refractivity contribution is 6.30. The number of fused-ring (bicyclic) bond motifs is 1. The van der Waals surface area contributed by atoms with Crippen molar-refractivity contribution in [3.8, 4) is 0 Å². The van der Waals surface area contributed by atoms with Crippen molar-refractivity contribution in [3.63, 3.8) is 0 Å². The lowest BCUT2D eigenvalue weighted by Crippen LogP contribution is -2.39. The van der Waals surface area contributed by atoms with Crippen LogP contribution in [0.15, 0.2) is 36.4 Å². The second-order valence-electron chi connectivity index (χ2n) is 8.42. The number of nitrogens with one attached hydrogen (secondary N) is 1. The van der Waals surface area contributed by atoms with E-state index < -0.39 is 5.60 Å². The highest BCUT2D eigenvalue weighted by Crippen LogP contribution is 2.43. The molecule has 4 rings (SSSR count). The molecular weight excluding hydrogens is 388 g/mol. The van der Waals surface area contributed by atoms with Gasteiger partial charge in [0.25, 0.3) is 0 Å². The Morgan fingerprint density at radius 3 is 2.62 bits per heavy atom. The first-order valence-corrected chi connectivity index (χ1v) is 10.2. The van der Waals surface area contributed by atoms with Crippen molar-refractivity contribution >= 4 is 34.6 Å². The van der Waals surface area contributed by atoms with Gasteiger partial charge in [-0.3, -0.25) is 14.7 Å². The van der Waals surface area contributed by atoms with Crippen LogP contribution >= 0.6 is 11.6 Å². The fraction of sp³-hybridized carbons (Fsp3) is 0.409. The standard InChI is InChI=1S/C22H25ClN4O2/c1-14-12-16-19(26-18(14)23)27(21(2)10-7-11-21)20(24-16)25-17(28)13-22(3,29)15-8-5-4-6-9-15/h4-6,8-9,12,29H,7,10-11,13H2,1-3H3,(H,24,25,28). The van der Waals surface area contributed by atoms with E-state index in [4.69, 9.17) is 11.6 Å². The normalized spacial score (nSPS) is 17.6. The summed E-state index contributed by atoms with van der Waals surface area (Å²) in [5.41, 5.74) is 1.47. The monoisotopic (exact) mass is 412 g/mol. The molecule has 0 spiro atoms. The molecule has 0 saturated heterocycles. The summed E-state index contributed by atoms with van der Waals surface area (Å²) in [7, 11) is 0. The Morgan fingerprint density at radius 1 is 1.31 bits per heavy atom. The van der Waals surface area contributed by atoms with Crippen molar-refractivity contribution in [2.75, 3.05) is 5.32 Å². The molecule has 2 aromatic heterocycles. The number of carbonyl (C=O) groups excluding carboxylic acids is 1. The molecule has 1 saturated carbocycles. The van der Waals surface area contributed by atoms with Gasteiger partial charge in [-0.1, -0.05) is 41.9 Å². The number of anilines is 1. The van der Waals surface area contributed by atoms with Gasteiger partial charge in [-0.2, -0.15) is 0 Å². The van der Waals surface area contributed by atoms with Crippen LogP contribution in [0.2, 0.25) is 5.15 Å². The van der Waals surface area contributed by atoms with Gasteiger partial charge in [-0.25, -0.2) is 9.97 Å². The predicted octanol–water partition coefficient (Wildman–Crippen LogP) is 4.53. The summed E-state index contributed by atoms with van der Waals surface area (Å²) in [6.45, 7) is 5.67. The van der Waals surface area contributed by atoms with E-state index in [2.05, 4.69) is 22.2 Å². The zero-order valence-corrected chi connectivity index (χ0v) is 17.6. The Balaban J connectivity index is 1.67. The molecule has 1 atom stereocenters. The summed E-state index contributed by atoms with van der Waals surface area (Å²) in [6, 6.07) is 11.1. The zero-order chi connectivity index (χ0) is 20.8. The summed E-state index contributed by atoms with van der Waals surface area (Å²) in [6.07, 6.45) is 3.00. The maximum atomic E-state index is 12.8. The average molecular weight is 413 g/mol. The Bertz CT molecular complexity index is 1070. The molecule has 1 fully saturated rings. The molecule has 2 N–H and O–H groups in total. The molecule has 3 aromatic rings. The topological polar surface area (TPSA) is 80.0 Å². The first kappa shape index (κ1) is 19.9. The van der Waals surface area contributed by atoms with E-state index in [1.165, 1.54) is 0 Å². The number of hydrogen-bond donors (Lipinski definition) is 2. The number of halogens is 1. The maximum absolute atomic E-state index is 12.8. The van der Waals surface area contributed by atoms with E-state index in [1.807, 2.05) is 47.9 Å². The minimum absolute atomic E-state index is 0.0792. The number of carbonyl (C=O) groups is 1. The first-order valence-electron chi connectivity index (χ1n) is 9.83. The molecule has 1 aliphatic rings. The molecule has 7 heteroatoms. The molecule has 1 aromatic carbocycles. The highest BCUT2D eigenvalue weighted by Gasteiger charge is 2.38. The quantitative estimate of drug-likeness (QED) is 0.603. The van der Waals surface area contributed by atoms with Crippen LogP contribution < -0.4 is 5.32 Å². The number of imidazole rings is 1. The number of aryl methyl sites for hydroxylation is 1. The number of rotatable bonds is 5. The molecule has 0 radical (unpaired) electrons. The number of aromatic nitrogens is 3. The number of benzene rings is 1. The summed E-state index contributed by atoms with van der Waals surface area (Å²) in [5, 5.41) is 14.2. The molecular formula is C22H25ClN4O2. The third kappa shape index (κ3) is 3.63. The SMILES string of the molecule is Cc1cc2nc(NC(=O)CC(C)(O)c3ccccc3)n(C3(C)CCC3)c2nc1Cl. The minimum Gasteiger partial charge on any atom is -0.385 e. The van der Waals surface area contributed by atoms with Crippen molar-refractivity contribution in [2.24, 2.45) is 0 Å². The van der Waals surface area contributed by atoms with E-state index in [0.717, 1.165) is 24.8 Å². The number of hydrogen-bond acceptors (Lipinski definition) is 4. The van der Waals surface area contributed by atoms with Gasteiger partial charge in [-0.15, -0.1) is 0 Å². The number of amides is 1. The van der Waals surface area contributed by atoms with Crippen molar-refractivity contribution in [3.05, 3.63) is 52.7 Å². The van der Waals surface area contributed by atoms with Crippen LogP contribution in [0.1, 0.15) is 50.7 Å². The third-order valence-corrected chi connectivity index (χ3v) is 6.27. The van der Waals surface area contributed by atoms with Crippen LogP contribution in [0.3, 0.4) is 0 Å². The minimum atomic E-state index is -1.28. The summed E-state index contributed by atoms with van der Waals surface area (Å²) in [5.74, 6) is 0.145. The molecule has 2 heterocycles. The lowest BCUT2D eigenvalue weighted by Gasteiger charge is -2.40. The molecule has 6 nitrogen and oxygen atoms in total. The molecule has 0 bridgehead atoms. The molecule has 1 unspecified atom stereocenters. The first-order chi connectivity index (χ1) is 13.7. The lowest BCUT2D eigenvalue weighted by molar-refractivity contribution is -0.120. The van der Waals surface area contributed by atoms with Gasteiger partial charge >= 0.3 is 0 Å². The maximum Gasteiger partial charge on any atom is 0.229 e. The predicted molar refractivity (Wildman–Crippen MR) is 114 cm³/mol. The number of aliphatic hydroxyl groups is 1. The molecule has 1 amide bonds. The van der Waals surface area contributed by atoms with Gasteiger partial charge in [0, 0.05) is 5.54 Å². The van der Waals surface area contributed by atoms with Crippen molar-refractivity contribution in [1.82, 2.24) is 14.5 Å². The van der Waals surface area contributed by atoms with Gasteiger partial charge < -0.3 is 5.11 Å². The van der Waals surface area contributed by atoms with E-state index in [-0.39, 0.29) is 17.9 Å².